The average Bonchev–Trinajstić information content (AvgIpc) is 2.48. The Bertz CT molecular complexity index is 231. The van der Waals surface area contributed by atoms with Crippen LogP contribution in [0, 0.1) is 5.92 Å². The normalized spacial score (nSPS) is 30.6. The first-order valence-electron chi connectivity index (χ1n) is 8.39. The Balaban J connectivity index is 1.63. The summed E-state index contributed by atoms with van der Waals surface area (Å²) in [5.74, 6) is 1.01. The molecule has 3 nitrogen and oxygen atoms in total. The molecule has 0 atom stereocenters. The number of ether oxygens (including phenoxy) is 1. The summed E-state index contributed by atoms with van der Waals surface area (Å²) in [5.41, 5.74) is 5.50. The lowest BCUT2D eigenvalue weighted by molar-refractivity contribution is -0.00794. The number of nitrogens with two attached hydrogens (primary N) is 1. The van der Waals surface area contributed by atoms with Crippen LogP contribution in [0.3, 0.4) is 0 Å². The number of piperidine rings is 1. The first-order valence-corrected chi connectivity index (χ1v) is 8.39. The van der Waals surface area contributed by atoms with Crippen LogP contribution >= 0.6 is 0 Å². The van der Waals surface area contributed by atoms with Crippen molar-refractivity contribution in [2.75, 3.05) is 26.2 Å². The van der Waals surface area contributed by atoms with Crippen molar-refractivity contribution in [1.82, 2.24) is 4.90 Å². The van der Waals surface area contributed by atoms with Crippen LogP contribution in [0.4, 0.5) is 0 Å². The summed E-state index contributed by atoms with van der Waals surface area (Å²) < 4.78 is 5.89. The van der Waals surface area contributed by atoms with Crippen LogP contribution in [0.25, 0.3) is 0 Å². The maximum absolute atomic E-state index is 5.89. The van der Waals surface area contributed by atoms with E-state index < -0.39 is 0 Å². The summed E-state index contributed by atoms with van der Waals surface area (Å²) >= 11 is 0. The fourth-order valence-electron chi connectivity index (χ4n) is 3.66. The number of likely N-dealkylation sites (tertiary alicyclic amines) is 1. The van der Waals surface area contributed by atoms with Crippen LogP contribution in [0.1, 0.15) is 58.3 Å². The van der Waals surface area contributed by atoms with Crippen LogP contribution in [-0.4, -0.2) is 43.3 Å². The van der Waals surface area contributed by atoms with Crippen molar-refractivity contribution in [2.45, 2.75) is 70.4 Å². The van der Waals surface area contributed by atoms with Gasteiger partial charge in [0.1, 0.15) is 0 Å². The minimum absolute atomic E-state index is 0.495. The van der Waals surface area contributed by atoms with E-state index in [0.717, 1.165) is 31.5 Å². The maximum atomic E-state index is 5.89. The highest BCUT2D eigenvalue weighted by Crippen LogP contribution is 2.31. The lowest BCUT2D eigenvalue weighted by atomic mass is 9.83. The van der Waals surface area contributed by atoms with E-state index in [1.807, 2.05) is 0 Å². The molecule has 0 unspecified atom stereocenters. The molecule has 1 aliphatic carbocycles. The van der Waals surface area contributed by atoms with E-state index in [4.69, 9.17) is 10.5 Å². The highest BCUT2D eigenvalue weighted by atomic mass is 16.5. The summed E-state index contributed by atoms with van der Waals surface area (Å²) in [6.07, 6.45) is 11.1. The van der Waals surface area contributed by atoms with E-state index in [-0.39, 0.29) is 0 Å². The fraction of sp³-hybridized carbons (Fsp3) is 1.00. The zero-order valence-corrected chi connectivity index (χ0v) is 12.7. The summed E-state index contributed by atoms with van der Waals surface area (Å²) in [6, 6.07) is 0.868. The summed E-state index contributed by atoms with van der Waals surface area (Å²) in [4.78, 5) is 2.73. The summed E-state index contributed by atoms with van der Waals surface area (Å²) in [7, 11) is 0. The van der Waals surface area contributed by atoms with Gasteiger partial charge < -0.3 is 15.4 Å². The second kappa shape index (κ2) is 8.23. The third-order valence-corrected chi connectivity index (χ3v) is 5.09. The second-order valence-electron chi connectivity index (χ2n) is 6.33. The molecule has 1 aliphatic heterocycles. The standard InChI is InChI=1S/C16H32N2O/c1-2-14-4-6-15(7-5-14)18-11-8-16(9-12-18)19-13-3-10-17/h14-16H,2-13,17H2,1H3. The molecule has 0 amide bonds. The van der Waals surface area contributed by atoms with E-state index in [2.05, 4.69) is 11.8 Å². The molecule has 112 valence electrons. The SMILES string of the molecule is CCC1CCC(N2CCC(OCCCN)CC2)CC1. The molecule has 0 spiro atoms. The highest BCUT2D eigenvalue weighted by Gasteiger charge is 2.28. The van der Waals surface area contributed by atoms with E-state index in [1.165, 1.54) is 58.0 Å². The van der Waals surface area contributed by atoms with Crippen LogP contribution in [-0.2, 0) is 4.74 Å². The molecule has 0 bridgehead atoms. The molecular formula is C16H32N2O. The Morgan fingerprint density at radius 3 is 2.32 bits per heavy atom. The Kier molecular flexibility index (Phi) is 6.62. The second-order valence-corrected chi connectivity index (χ2v) is 6.33. The number of rotatable bonds is 6. The average molecular weight is 268 g/mol. The van der Waals surface area contributed by atoms with Crippen molar-refractivity contribution in [2.24, 2.45) is 11.7 Å². The zero-order valence-electron chi connectivity index (χ0n) is 12.7. The van der Waals surface area contributed by atoms with E-state index in [1.54, 1.807) is 0 Å². The lowest BCUT2D eigenvalue weighted by Gasteiger charge is -2.40. The first kappa shape index (κ1) is 15.3. The Hall–Kier alpha value is -0.120. The predicted octanol–water partition coefficient (Wildman–Crippen LogP) is 2.79. The monoisotopic (exact) mass is 268 g/mol. The van der Waals surface area contributed by atoms with Crippen molar-refractivity contribution in [3.05, 3.63) is 0 Å². The van der Waals surface area contributed by atoms with Crippen LogP contribution in [0.15, 0.2) is 0 Å². The van der Waals surface area contributed by atoms with Crippen molar-refractivity contribution in [1.29, 1.82) is 0 Å². The molecular weight excluding hydrogens is 236 g/mol. The summed E-state index contributed by atoms with van der Waals surface area (Å²) in [6.45, 7) is 6.43. The van der Waals surface area contributed by atoms with Gasteiger partial charge in [0.25, 0.3) is 0 Å². The molecule has 0 aromatic rings. The molecule has 1 heterocycles. The predicted molar refractivity (Wildman–Crippen MR) is 80.3 cm³/mol. The summed E-state index contributed by atoms with van der Waals surface area (Å²) in [5, 5.41) is 0. The Labute approximate surface area is 118 Å². The lowest BCUT2D eigenvalue weighted by Crippen LogP contribution is -2.44. The third kappa shape index (κ3) is 4.73. The van der Waals surface area contributed by atoms with Gasteiger partial charge in [0.05, 0.1) is 6.10 Å². The van der Waals surface area contributed by atoms with E-state index in [9.17, 15) is 0 Å². The smallest absolute Gasteiger partial charge is 0.0599 e. The molecule has 0 radical (unpaired) electrons. The van der Waals surface area contributed by atoms with Gasteiger partial charge in [-0.1, -0.05) is 13.3 Å². The van der Waals surface area contributed by atoms with Crippen molar-refractivity contribution < 1.29 is 4.74 Å². The van der Waals surface area contributed by atoms with Crippen LogP contribution in [0.2, 0.25) is 0 Å². The van der Waals surface area contributed by atoms with Gasteiger partial charge in [-0.15, -0.1) is 0 Å². The van der Waals surface area contributed by atoms with Gasteiger partial charge in [-0.05, 0) is 57.4 Å². The molecule has 19 heavy (non-hydrogen) atoms. The van der Waals surface area contributed by atoms with Crippen molar-refractivity contribution >= 4 is 0 Å². The molecule has 2 rings (SSSR count). The molecule has 1 saturated heterocycles. The minimum atomic E-state index is 0.495. The fourth-order valence-corrected chi connectivity index (χ4v) is 3.66. The Morgan fingerprint density at radius 1 is 1.05 bits per heavy atom. The first-order chi connectivity index (χ1) is 9.33. The Morgan fingerprint density at radius 2 is 1.74 bits per heavy atom. The number of hydrogen-bond acceptors (Lipinski definition) is 3. The van der Waals surface area contributed by atoms with Crippen LogP contribution < -0.4 is 5.73 Å². The van der Waals surface area contributed by atoms with E-state index in [0.29, 0.717) is 6.10 Å². The molecule has 0 aromatic heterocycles. The van der Waals surface area contributed by atoms with E-state index >= 15 is 0 Å². The number of nitrogens with zero attached hydrogens (tertiary/aromatic N) is 1. The third-order valence-electron chi connectivity index (χ3n) is 5.09. The minimum Gasteiger partial charge on any atom is -0.378 e. The highest BCUT2D eigenvalue weighted by molar-refractivity contribution is 4.83. The van der Waals surface area contributed by atoms with Crippen LogP contribution in [0.5, 0.6) is 0 Å². The van der Waals surface area contributed by atoms with Gasteiger partial charge in [-0.3, -0.25) is 0 Å². The maximum Gasteiger partial charge on any atom is 0.0599 e. The van der Waals surface area contributed by atoms with Gasteiger partial charge in [0, 0.05) is 25.7 Å². The molecule has 1 saturated carbocycles. The zero-order chi connectivity index (χ0) is 13.5. The molecule has 0 aromatic carbocycles. The van der Waals surface area contributed by atoms with Gasteiger partial charge in [0.15, 0.2) is 0 Å². The molecule has 2 fully saturated rings. The van der Waals surface area contributed by atoms with Gasteiger partial charge >= 0.3 is 0 Å². The molecule has 3 heteroatoms. The molecule has 2 N–H and O–H groups in total. The van der Waals surface area contributed by atoms with Gasteiger partial charge in [-0.25, -0.2) is 0 Å². The number of hydrogen-bond donors (Lipinski definition) is 1. The topological polar surface area (TPSA) is 38.5 Å². The quantitative estimate of drug-likeness (QED) is 0.753. The van der Waals surface area contributed by atoms with Crippen molar-refractivity contribution in [3.63, 3.8) is 0 Å². The van der Waals surface area contributed by atoms with Gasteiger partial charge in [0.2, 0.25) is 0 Å². The molecule has 2 aliphatic rings. The van der Waals surface area contributed by atoms with Gasteiger partial charge in [-0.2, -0.15) is 0 Å². The largest absolute Gasteiger partial charge is 0.378 e. The van der Waals surface area contributed by atoms with Crippen molar-refractivity contribution in [3.8, 4) is 0 Å².